The third kappa shape index (κ3) is 36.3. The number of carbonyl (C=O) groups is 19. The molecule has 1 aliphatic heterocycles. The summed E-state index contributed by atoms with van der Waals surface area (Å²) in [5, 5.41) is 89.9. The topological polar surface area (TPSA) is 725 Å². The van der Waals surface area contributed by atoms with Crippen molar-refractivity contribution >= 4 is 118 Å². The number of hydrogen-bond acceptors (Lipinski definition) is 23. The van der Waals surface area contributed by atoms with Crippen molar-refractivity contribution in [2.75, 3.05) is 32.8 Å². The number of nitrogens with zero attached hydrogens (tertiary/aromatic N) is 1. The van der Waals surface area contributed by atoms with Crippen molar-refractivity contribution in [1.29, 1.82) is 5.41 Å². The monoisotopic (exact) mass is 1660 g/mol. The highest BCUT2D eigenvalue weighted by Crippen LogP contribution is 2.23. The molecule has 16 atom stereocenters. The third-order valence-corrected chi connectivity index (χ3v) is 19.0. The number of carbonyl (C=O) groups excluding carboxylic acids is 16. The molecule has 1 fully saturated rings. The Kier molecular flexibility index (Phi) is 44.4. The van der Waals surface area contributed by atoms with Gasteiger partial charge < -0.3 is 128 Å². The summed E-state index contributed by atoms with van der Waals surface area (Å²) in [7, 11) is 0. The van der Waals surface area contributed by atoms with Crippen LogP contribution in [-0.4, -0.2) is 266 Å². The number of guanidine groups is 1. The van der Waals surface area contributed by atoms with E-state index in [9.17, 15) is 112 Å². The fourth-order valence-corrected chi connectivity index (χ4v) is 11.9. The van der Waals surface area contributed by atoms with Gasteiger partial charge in [0, 0.05) is 38.8 Å². The number of carboxylic acids is 3. The van der Waals surface area contributed by atoms with Crippen LogP contribution in [0.3, 0.4) is 0 Å². The molecule has 44 nitrogen and oxygen atoms in total. The maximum atomic E-state index is 14.9. The number of aliphatic carboxylic acids is 3. The van der Waals surface area contributed by atoms with Crippen molar-refractivity contribution in [3.8, 4) is 0 Å². The molecule has 0 spiro atoms. The first kappa shape index (κ1) is 101. The van der Waals surface area contributed by atoms with Crippen molar-refractivity contribution in [1.82, 2.24) is 79.3 Å². The SMILES string of the molecule is CC[C@H](C)[C@H](NC(=O)[C@H](CO)NC(=O)[C@@H](N)CC(=O)O)C(=O)N[C@@H](CCC(N)=O)C(=O)N[C@H](C(=O)N1CCC[C@H]1C(=O)N[C@@H](CCCNC(=N)N)C(=O)N[C@@H](CCC(N)=O)C(=O)N[C@@H](CC(C)C)C(=O)NCC(=O)N[C@@H](CCC(=O)O)C(=O)N[C@H](C(=O)N[C@@H](C)C(=O)N[C@@H](CO)C(=O)N[C@@H](Cc1ccccc1)C(=O)O)C(C)C)[C@@H](C)CC. The van der Waals surface area contributed by atoms with E-state index in [4.69, 9.17) is 33.5 Å². The van der Waals surface area contributed by atoms with Gasteiger partial charge in [-0.05, 0) is 87.5 Å². The molecule has 28 N–H and O–H groups in total. The van der Waals surface area contributed by atoms with Crippen LogP contribution in [0.4, 0.5) is 0 Å². The molecule has 117 heavy (non-hydrogen) atoms. The summed E-state index contributed by atoms with van der Waals surface area (Å²) in [6, 6.07) is -13.6. The molecule has 0 aromatic heterocycles. The number of carboxylic acid groups (broad SMARTS) is 3. The van der Waals surface area contributed by atoms with Crippen molar-refractivity contribution < 1.29 is 117 Å². The molecule has 1 aromatic carbocycles. The highest BCUT2D eigenvalue weighted by Gasteiger charge is 2.43. The van der Waals surface area contributed by atoms with Gasteiger partial charge in [-0.1, -0.05) is 98.6 Å². The van der Waals surface area contributed by atoms with Gasteiger partial charge >= 0.3 is 17.9 Å². The Bertz CT molecular complexity index is 3650. The van der Waals surface area contributed by atoms with E-state index in [-0.39, 0.29) is 70.4 Å². The number of nitrogens with one attached hydrogen (secondary N) is 15. The molecule has 0 unspecified atom stereocenters. The Hall–Kier alpha value is -11.7. The fraction of sp³-hybridized carbons (Fsp3) is 0.644. The van der Waals surface area contributed by atoms with Crippen molar-refractivity contribution in [3.05, 3.63) is 35.9 Å². The summed E-state index contributed by atoms with van der Waals surface area (Å²) in [6.07, 6.45) is -3.92. The zero-order valence-electron chi connectivity index (χ0n) is 67.2. The van der Waals surface area contributed by atoms with Gasteiger partial charge in [-0.3, -0.25) is 91.7 Å². The number of primary amides is 2. The minimum absolute atomic E-state index is 0.00252. The average Bonchev–Trinajstić information content (AvgIpc) is 1.74. The Morgan fingerprint density at radius 1 is 0.487 bits per heavy atom. The van der Waals surface area contributed by atoms with Gasteiger partial charge in [0.05, 0.1) is 32.2 Å². The van der Waals surface area contributed by atoms with E-state index in [1.807, 2.05) is 0 Å². The van der Waals surface area contributed by atoms with Gasteiger partial charge in [-0.25, -0.2) is 4.79 Å². The molecular formula is C73H118N20O24. The van der Waals surface area contributed by atoms with Crippen LogP contribution in [0.15, 0.2) is 30.3 Å². The molecule has 1 heterocycles. The first-order valence-electron chi connectivity index (χ1n) is 38.4. The lowest BCUT2D eigenvalue weighted by atomic mass is 9.95. The van der Waals surface area contributed by atoms with Gasteiger partial charge in [0.25, 0.3) is 0 Å². The first-order chi connectivity index (χ1) is 54.9. The highest BCUT2D eigenvalue weighted by molar-refractivity contribution is 6.01. The molecule has 44 heteroatoms. The number of rotatable bonds is 54. The molecule has 654 valence electrons. The molecule has 0 bridgehead atoms. The number of nitrogens with two attached hydrogens (primary N) is 4. The van der Waals surface area contributed by atoms with E-state index in [1.165, 1.54) is 20.8 Å². The Labute approximate surface area is 675 Å². The molecule has 0 radical (unpaired) electrons. The molecule has 16 amide bonds. The Morgan fingerprint density at radius 3 is 1.44 bits per heavy atom. The predicted octanol–water partition coefficient (Wildman–Crippen LogP) is -7.50. The van der Waals surface area contributed by atoms with Crippen molar-refractivity contribution in [2.24, 2.45) is 46.6 Å². The van der Waals surface area contributed by atoms with Crippen LogP contribution in [0.5, 0.6) is 0 Å². The van der Waals surface area contributed by atoms with E-state index in [2.05, 4.69) is 74.4 Å². The maximum Gasteiger partial charge on any atom is 0.326 e. The number of amides is 16. The highest BCUT2D eigenvalue weighted by atomic mass is 16.4. The first-order valence-corrected chi connectivity index (χ1v) is 38.4. The van der Waals surface area contributed by atoms with E-state index >= 15 is 0 Å². The van der Waals surface area contributed by atoms with Crippen LogP contribution in [0.1, 0.15) is 158 Å². The summed E-state index contributed by atoms with van der Waals surface area (Å²) >= 11 is 0. The quantitative estimate of drug-likeness (QED) is 0.0164. The normalized spacial score (nSPS) is 16.3. The zero-order valence-corrected chi connectivity index (χ0v) is 67.2. The third-order valence-electron chi connectivity index (χ3n) is 19.0. The summed E-state index contributed by atoms with van der Waals surface area (Å²) in [5.74, 6) is -23.4. The number of likely N-dealkylation sites (tertiary alicyclic amines) is 1. The van der Waals surface area contributed by atoms with Gasteiger partial charge in [-0.15, -0.1) is 0 Å². The lowest BCUT2D eigenvalue weighted by molar-refractivity contribution is -0.144. The average molecular weight is 1660 g/mol. The molecular weight excluding hydrogens is 1540 g/mol. The maximum absolute atomic E-state index is 14.9. The molecule has 1 aromatic rings. The second-order valence-electron chi connectivity index (χ2n) is 29.3. The van der Waals surface area contributed by atoms with Gasteiger partial charge in [-0.2, -0.15) is 0 Å². The lowest BCUT2D eigenvalue weighted by Crippen LogP contribution is -2.62. The second-order valence-corrected chi connectivity index (χ2v) is 29.3. The van der Waals surface area contributed by atoms with Crippen molar-refractivity contribution in [3.63, 3.8) is 0 Å². The number of aliphatic hydroxyl groups is 2. The van der Waals surface area contributed by atoms with Crippen LogP contribution < -0.4 is 97.4 Å². The van der Waals surface area contributed by atoms with Crippen LogP contribution in [0.2, 0.25) is 0 Å². The van der Waals surface area contributed by atoms with E-state index in [1.54, 1.807) is 71.9 Å². The zero-order chi connectivity index (χ0) is 88.7. The van der Waals surface area contributed by atoms with Crippen LogP contribution in [0, 0.1) is 29.1 Å². The van der Waals surface area contributed by atoms with E-state index in [0.717, 1.165) is 4.90 Å². The van der Waals surface area contributed by atoms with Crippen LogP contribution in [0.25, 0.3) is 0 Å². The Morgan fingerprint density at radius 2 is 0.940 bits per heavy atom. The van der Waals surface area contributed by atoms with Crippen LogP contribution in [-0.2, 0) is 97.5 Å². The van der Waals surface area contributed by atoms with Crippen LogP contribution >= 0.6 is 0 Å². The summed E-state index contributed by atoms with van der Waals surface area (Å²) in [6.45, 7) is 11.0. The predicted molar refractivity (Wildman–Crippen MR) is 415 cm³/mol. The lowest BCUT2D eigenvalue weighted by Gasteiger charge is -2.33. The summed E-state index contributed by atoms with van der Waals surface area (Å²) in [4.78, 5) is 255. The number of benzene rings is 1. The minimum Gasteiger partial charge on any atom is -0.481 e. The van der Waals surface area contributed by atoms with Gasteiger partial charge in [0.2, 0.25) is 94.5 Å². The van der Waals surface area contributed by atoms with Gasteiger partial charge in [0.15, 0.2) is 5.96 Å². The van der Waals surface area contributed by atoms with E-state index in [0.29, 0.717) is 5.56 Å². The minimum atomic E-state index is -1.73. The summed E-state index contributed by atoms with van der Waals surface area (Å²) in [5.41, 5.74) is 22.7. The van der Waals surface area contributed by atoms with E-state index < -0.39 is 285 Å². The van der Waals surface area contributed by atoms with Crippen molar-refractivity contribution in [2.45, 2.75) is 243 Å². The Balaban J connectivity index is 2.41. The smallest absolute Gasteiger partial charge is 0.326 e. The second kappa shape index (κ2) is 51.3. The van der Waals surface area contributed by atoms with Gasteiger partial charge in [0.1, 0.15) is 78.5 Å². The molecule has 2 rings (SSSR count). The summed E-state index contributed by atoms with van der Waals surface area (Å²) < 4.78 is 0. The largest absolute Gasteiger partial charge is 0.481 e. The number of aliphatic hydroxyl groups excluding tert-OH is 2. The number of hydrogen-bond donors (Lipinski definition) is 24. The molecule has 0 aliphatic carbocycles. The standard InChI is InChI=1S/C73H118N20O24/c1-10-37(7)57(91-67(111)49(34-95)89-60(104)41(74)31-55(101)102)70(114)85-45(22-25-52(76)97)65(109)92-58(38(8)11-2)71(115)93-28-16-20-50(93)68(112)84-42(19-15-27-79-73(77)78)62(106)83-44(21-24-51(75)96)63(107)86-46(29-35(3)4)61(105)80-32-53(98)82-43(23-26-54(99)100)64(108)90-56(36(5)6)69(113)81-39(9)59(103)88-48(33-94)66(110)87-47(72(116)117)30-40-17-13-12-14-18-40/h12-14,17-18,35-39,41-50,56-58,94-95H,10-11,15-16,19-34,74H2,1-9H3,(H2,75,96)(H2,76,97)(H,80,105)(H,81,113)(H,82,98)(H,83,106)(H,84,112)(H,85,114)(H,86,107)(H,87,110)(H,88,103)(H,89,104)(H,90,108)(H,91,111)(H,92,109)(H,99,100)(H,101,102)(H,116,117)(H4,77,78,79)/t37-,38-,39-,41-,42-,43-,44-,45-,46-,47-,48-,49-,50-,56-,57-,58-/m0/s1. The molecule has 0 saturated carbocycles. The molecule has 1 aliphatic rings. The fourth-order valence-electron chi connectivity index (χ4n) is 11.9. The molecule has 1 saturated heterocycles.